The minimum atomic E-state index is 0.968. The molecule has 0 aliphatic heterocycles. The van der Waals surface area contributed by atoms with E-state index in [1.54, 1.807) is 0 Å². The molecule has 0 bridgehead atoms. The summed E-state index contributed by atoms with van der Waals surface area (Å²) in [6.45, 7) is 4.29. The standard InChI is InChI=1S/C12H18BrNS/c1-2-15-8-4-7-14-10-11-5-3-6-12(13)9-11/h3,5-6,9,14H,2,4,7-8,10H2,1H3. The second-order valence-electron chi connectivity index (χ2n) is 3.36. The molecule has 1 aromatic rings. The Hall–Kier alpha value is 0.01000. The monoisotopic (exact) mass is 287 g/mol. The average molecular weight is 288 g/mol. The van der Waals surface area contributed by atoms with E-state index in [1.807, 2.05) is 11.8 Å². The van der Waals surface area contributed by atoms with Gasteiger partial charge in [0.05, 0.1) is 0 Å². The number of halogens is 1. The number of thioether (sulfide) groups is 1. The minimum absolute atomic E-state index is 0.968. The van der Waals surface area contributed by atoms with Crippen molar-refractivity contribution < 1.29 is 0 Å². The SMILES string of the molecule is CCSCCCNCc1cccc(Br)c1. The van der Waals surface area contributed by atoms with Crippen LogP contribution in [-0.2, 0) is 6.54 Å². The third kappa shape index (κ3) is 6.23. The van der Waals surface area contributed by atoms with Crippen LogP contribution in [0.5, 0.6) is 0 Å². The van der Waals surface area contributed by atoms with E-state index < -0.39 is 0 Å². The third-order valence-corrected chi connectivity index (χ3v) is 3.54. The Kier molecular flexibility index (Phi) is 7.14. The lowest BCUT2D eigenvalue weighted by atomic mass is 10.2. The maximum atomic E-state index is 3.47. The molecule has 0 fully saturated rings. The van der Waals surface area contributed by atoms with E-state index >= 15 is 0 Å². The molecule has 0 spiro atoms. The molecule has 0 saturated carbocycles. The average Bonchev–Trinajstić information content (AvgIpc) is 2.23. The lowest BCUT2D eigenvalue weighted by molar-refractivity contribution is 0.678. The summed E-state index contributed by atoms with van der Waals surface area (Å²) in [4.78, 5) is 0. The highest BCUT2D eigenvalue weighted by atomic mass is 79.9. The van der Waals surface area contributed by atoms with Crippen LogP contribution in [0.3, 0.4) is 0 Å². The van der Waals surface area contributed by atoms with E-state index in [0.717, 1.165) is 17.6 Å². The van der Waals surface area contributed by atoms with Crippen molar-refractivity contribution in [3.8, 4) is 0 Å². The van der Waals surface area contributed by atoms with Crippen molar-refractivity contribution in [1.29, 1.82) is 0 Å². The summed E-state index contributed by atoms with van der Waals surface area (Å²) < 4.78 is 1.16. The van der Waals surface area contributed by atoms with Gasteiger partial charge in [-0.3, -0.25) is 0 Å². The fraction of sp³-hybridized carbons (Fsp3) is 0.500. The number of rotatable bonds is 7. The molecule has 0 atom stereocenters. The Morgan fingerprint density at radius 2 is 2.27 bits per heavy atom. The first-order chi connectivity index (χ1) is 7.33. The molecule has 0 radical (unpaired) electrons. The van der Waals surface area contributed by atoms with Crippen molar-refractivity contribution >= 4 is 27.7 Å². The molecule has 1 N–H and O–H groups in total. The normalized spacial score (nSPS) is 10.5. The first-order valence-electron chi connectivity index (χ1n) is 5.36. The molecule has 1 rings (SSSR count). The Bertz CT molecular complexity index is 278. The van der Waals surface area contributed by atoms with Crippen LogP contribution in [-0.4, -0.2) is 18.1 Å². The zero-order valence-electron chi connectivity index (χ0n) is 9.13. The smallest absolute Gasteiger partial charge is 0.0205 e. The largest absolute Gasteiger partial charge is 0.313 e. The third-order valence-electron chi connectivity index (χ3n) is 2.06. The van der Waals surface area contributed by atoms with Gasteiger partial charge >= 0.3 is 0 Å². The van der Waals surface area contributed by atoms with E-state index in [9.17, 15) is 0 Å². The van der Waals surface area contributed by atoms with Crippen molar-refractivity contribution in [2.24, 2.45) is 0 Å². The van der Waals surface area contributed by atoms with Crippen molar-refractivity contribution in [3.05, 3.63) is 34.3 Å². The number of benzene rings is 1. The summed E-state index contributed by atoms with van der Waals surface area (Å²) in [6, 6.07) is 8.45. The second kappa shape index (κ2) is 8.20. The molecule has 0 amide bonds. The Labute approximate surface area is 105 Å². The summed E-state index contributed by atoms with van der Waals surface area (Å²) in [7, 11) is 0. The molecule has 1 nitrogen and oxygen atoms in total. The molecular weight excluding hydrogens is 270 g/mol. The highest BCUT2D eigenvalue weighted by Gasteiger charge is 1.93. The van der Waals surface area contributed by atoms with Gasteiger partial charge in [0.2, 0.25) is 0 Å². The van der Waals surface area contributed by atoms with Gasteiger partial charge in [-0.1, -0.05) is 35.0 Å². The van der Waals surface area contributed by atoms with Crippen LogP contribution in [0.2, 0.25) is 0 Å². The molecule has 1 aromatic carbocycles. The van der Waals surface area contributed by atoms with Gasteiger partial charge in [-0.25, -0.2) is 0 Å². The van der Waals surface area contributed by atoms with Crippen LogP contribution in [0.15, 0.2) is 28.7 Å². The lowest BCUT2D eigenvalue weighted by Crippen LogP contribution is -2.15. The van der Waals surface area contributed by atoms with Crippen LogP contribution in [0.4, 0.5) is 0 Å². The Morgan fingerprint density at radius 3 is 3.00 bits per heavy atom. The van der Waals surface area contributed by atoms with Gasteiger partial charge in [-0.05, 0) is 42.2 Å². The molecule has 0 aromatic heterocycles. The molecular formula is C12H18BrNS. The number of hydrogen-bond donors (Lipinski definition) is 1. The van der Waals surface area contributed by atoms with Crippen LogP contribution in [0.1, 0.15) is 18.9 Å². The summed E-state index contributed by atoms with van der Waals surface area (Å²) in [5, 5.41) is 3.45. The highest BCUT2D eigenvalue weighted by Crippen LogP contribution is 2.11. The molecule has 0 heterocycles. The van der Waals surface area contributed by atoms with Gasteiger partial charge in [0.15, 0.2) is 0 Å². The van der Waals surface area contributed by atoms with Gasteiger partial charge in [0, 0.05) is 11.0 Å². The topological polar surface area (TPSA) is 12.0 Å². The maximum Gasteiger partial charge on any atom is 0.0205 e. The van der Waals surface area contributed by atoms with Crippen molar-refractivity contribution in [2.45, 2.75) is 19.9 Å². The summed E-state index contributed by atoms with van der Waals surface area (Å²) in [5.74, 6) is 2.49. The Morgan fingerprint density at radius 1 is 1.40 bits per heavy atom. The first kappa shape index (κ1) is 13.1. The van der Waals surface area contributed by atoms with Crippen molar-refractivity contribution in [1.82, 2.24) is 5.32 Å². The van der Waals surface area contributed by atoms with E-state index in [1.165, 1.54) is 23.5 Å². The number of nitrogens with one attached hydrogen (secondary N) is 1. The fourth-order valence-electron chi connectivity index (χ4n) is 1.32. The zero-order chi connectivity index (χ0) is 10.9. The highest BCUT2D eigenvalue weighted by molar-refractivity contribution is 9.10. The van der Waals surface area contributed by atoms with E-state index in [0.29, 0.717) is 0 Å². The molecule has 15 heavy (non-hydrogen) atoms. The zero-order valence-corrected chi connectivity index (χ0v) is 11.5. The van der Waals surface area contributed by atoms with Gasteiger partial charge in [-0.2, -0.15) is 11.8 Å². The molecule has 0 aliphatic carbocycles. The van der Waals surface area contributed by atoms with E-state index in [-0.39, 0.29) is 0 Å². The quantitative estimate of drug-likeness (QED) is 0.768. The van der Waals surface area contributed by atoms with Gasteiger partial charge in [0.1, 0.15) is 0 Å². The lowest BCUT2D eigenvalue weighted by Gasteiger charge is -2.04. The van der Waals surface area contributed by atoms with Crippen LogP contribution in [0.25, 0.3) is 0 Å². The summed E-state index contributed by atoms with van der Waals surface area (Å²) in [6.07, 6.45) is 1.26. The predicted octanol–water partition coefficient (Wildman–Crippen LogP) is 3.68. The molecule has 84 valence electrons. The van der Waals surface area contributed by atoms with Crippen LogP contribution in [0, 0.1) is 0 Å². The second-order valence-corrected chi connectivity index (χ2v) is 5.67. The minimum Gasteiger partial charge on any atom is -0.313 e. The van der Waals surface area contributed by atoms with Crippen LogP contribution >= 0.6 is 27.7 Å². The summed E-state index contributed by atoms with van der Waals surface area (Å²) in [5.41, 5.74) is 1.34. The maximum absolute atomic E-state index is 3.47. The van der Waals surface area contributed by atoms with Gasteiger partial charge in [0.25, 0.3) is 0 Å². The summed E-state index contributed by atoms with van der Waals surface area (Å²) >= 11 is 5.48. The first-order valence-corrected chi connectivity index (χ1v) is 7.30. The van der Waals surface area contributed by atoms with Gasteiger partial charge in [-0.15, -0.1) is 0 Å². The molecule has 3 heteroatoms. The van der Waals surface area contributed by atoms with Crippen LogP contribution < -0.4 is 5.32 Å². The molecule has 0 aliphatic rings. The van der Waals surface area contributed by atoms with E-state index in [4.69, 9.17) is 0 Å². The van der Waals surface area contributed by atoms with Crippen molar-refractivity contribution in [3.63, 3.8) is 0 Å². The predicted molar refractivity (Wildman–Crippen MR) is 73.5 cm³/mol. The van der Waals surface area contributed by atoms with E-state index in [2.05, 4.69) is 52.4 Å². The van der Waals surface area contributed by atoms with Crippen molar-refractivity contribution in [2.75, 3.05) is 18.1 Å². The van der Waals surface area contributed by atoms with Gasteiger partial charge < -0.3 is 5.32 Å². The fourth-order valence-corrected chi connectivity index (χ4v) is 2.41. The Balaban J connectivity index is 2.10. The number of hydrogen-bond acceptors (Lipinski definition) is 2. The molecule has 0 saturated heterocycles. The molecule has 0 unspecified atom stereocenters.